The van der Waals surface area contributed by atoms with E-state index in [4.69, 9.17) is 16.3 Å². The molecule has 136 valence electrons. The molecule has 2 amide bonds. The van der Waals surface area contributed by atoms with Gasteiger partial charge < -0.3 is 15.0 Å². The Kier molecular flexibility index (Phi) is 5.18. The molecule has 1 aliphatic rings. The van der Waals surface area contributed by atoms with Crippen LogP contribution in [0.25, 0.3) is 0 Å². The molecule has 1 atom stereocenters. The van der Waals surface area contributed by atoms with Crippen molar-refractivity contribution in [1.29, 1.82) is 0 Å². The minimum absolute atomic E-state index is 0.0781. The molecule has 0 aromatic heterocycles. The third kappa shape index (κ3) is 3.83. The molecule has 1 N–H and O–H groups in total. The average Bonchev–Trinajstić information content (AvgIpc) is 2.61. The Morgan fingerprint density at radius 2 is 1.92 bits per heavy atom. The van der Waals surface area contributed by atoms with E-state index in [1.165, 1.54) is 0 Å². The maximum atomic E-state index is 12.7. The average molecular weight is 373 g/mol. The summed E-state index contributed by atoms with van der Waals surface area (Å²) in [6.07, 6.45) is -0.564. The summed E-state index contributed by atoms with van der Waals surface area (Å²) in [5, 5.41) is 3.51. The topological polar surface area (TPSA) is 58.6 Å². The van der Waals surface area contributed by atoms with Crippen LogP contribution < -0.4 is 15.0 Å². The van der Waals surface area contributed by atoms with Crippen molar-refractivity contribution in [3.05, 3.63) is 53.1 Å². The van der Waals surface area contributed by atoms with Crippen LogP contribution in [-0.2, 0) is 16.1 Å². The van der Waals surface area contributed by atoms with Crippen LogP contribution >= 0.6 is 11.6 Å². The van der Waals surface area contributed by atoms with Crippen LogP contribution in [0.15, 0.2) is 42.5 Å². The second kappa shape index (κ2) is 7.38. The molecule has 0 spiro atoms. The molecule has 0 saturated carbocycles. The number of amides is 2. The second-order valence-electron chi connectivity index (χ2n) is 6.64. The fourth-order valence-electron chi connectivity index (χ4n) is 2.71. The van der Waals surface area contributed by atoms with Crippen LogP contribution in [0.3, 0.4) is 0 Å². The third-order valence-electron chi connectivity index (χ3n) is 4.21. The molecule has 0 radical (unpaired) electrons. The maximum absolute atomic E-state index is 12.7. The van der Waals surface area contributed by atoms with E-state index < -0.39 is 6.10 Å². The zero-order valence-electron chi connectivity index (χ0n) is 15.0. The largest absolute Gasteiger partial charge is 0.479 e. The van der Waals surface area contributed by atoms with Gasteiger partial charge in [-0.05, 0) is 42.8 Å². The number of hydrogen-bond acceptors (Lipinski definition) is 3. The number of carbonyl (C=O) groups excluding carboxylic acids is 2. The van der Waals surface area contributed by atoms with Gasteiger partial charge >= 0.3 is 0 Å². The first kappa shape index (κ1) is 18.3. The Hall–Kier alpha value is -2.53. The molecule has 1 unspecified atom stereocenters. The number of ether oxygens (including phenoxy) is 1. The van der Waals surface area contributed by atoms with Crippen LogP contribution in [0.1, 0.15) is 26.3 Å². The molecule has 2 aromatic rings. The van der Waals surface area contributed by atoms with Crippen LogP contribution in [-0.4, -0.2) is 17.9 Å². The highest BCUT2D eigenvalue weighted by atomic mass is 35.5. The van der Waals surface area contributed by atoms with Crippen molar-refractivity contribution in [2.45, 2.75) is 33.4 Å². The molecule has 3 rings (SSSR count). The van der Waals surface area contributed by atoms with E-state index in [-0.39, 0.29) is 17.7 Å². The van der Waals surface area contributed by atoms with Crippen molar-refractivity contribution in [1.82, 2.24) is 0 Å². The van der Waals surface area contributed by atoms with Gasteiger partial charge in [-0.15, -0.1) is 0 Å². The minimum Gasteiger partial charge on any atom is -0.479 e. The summed E-state index contributed by atoms with van der Waals surface area (Å²) in [4.78, 5) is 26.3. The van der Waals surface area contributed by atoms with E-state index in [1.54, 1.807) is 42.2 Å². The SMILES string of the molecule is CC(C)C(=O)Nc1ccc2c(c1)N(Cc1ccc(Cl)cc1)C(=O)C(C)O2. The lowest BCUT2D eigenvalue weighted by molar-refractivity contribution is -0.125. The molecule has 26 heavy (non-hydrogen) atoms. The van der Waals surface area contributed by atoms with E-state index >= 15 is 0 Å². The van der Waals surface area contributed by atoms with E-state index in [2.05, 4.69) is 5.32 Å². The highest BCUT2D eigenvalue weighted by Gasteiger charge is 2.31. The number of rotatable bonds is 4. The monoisotopic (exact) mass is 372 g/mol. The fourth-order valence-corrected chi connectivity index (χ4v) is 2.83. The third-order valence-corrected chi connectivity index (χ3v) is 4.47. The van der Waals surface area contributed by atoms with Crippen LogP contribution in [0.2, 0.25) is 5.02 Å². The van der Waals surface area contributed by atoms with E-state index in [9.17, 15) is 9.59 Å². The molecule has 2 aromatic carbocycles. The first-order valence-electron chi connectivity index (χ1n) is 8.52. The predicted octanol–water partition coefficient (Wildman–Crippen LogP) is 4.25. The normalized spacial score (nSPS) is 16.3. The van der Waals surface area contributed by atoms with Gasteiger partial charge in [0.25, 0.3) is 5.91 Å². The van der Waals surface area contributed by atoms with Gasteiger partial charge in [0.05, 0.1) is 12.2 Å². The van der Waals surface area contributed by atoms with Crippen molar-refractivity contribution in [2.24, 2.45) is 5.92 Å². The summed E-state index contributed by atoms with van der Waals surface area (Å²) in [5.74, 6) is 0.285. The molecule has 1 aliphatic heterocycles. The Labute approximate surface area is 157 Å². The van der Waals surface area contributed by atoms with Gasteiger partial charge in [-0.1, -0.05) is 37.6 Å². The number of nitrogens with zero attached hydrogens (tertiary/aromatic N) is 1. The summed E-state index contributed by atoms with van der Waals surface area (Å²) < 4.78 is 5.71. The fraction of sp³-hybridized carbons (Fsp3) is 0.300. The quantitative estimate of drug-likeness (QED) is 0.872. The Morgan fingerprint density at radius 3 is 2.58 bits per heavy atom. The van der Waals surface area contributed by atoms with Crippen LogP contribution in [0.4, 0.5) is 11.4 Å². The zero-order valence-corrected chi connectivity index (χ0v) is 15.7. The highest BCUT2D eigenvalue weighted by Crippen LogP contribution is 2.37. The van der Waals surface area contributed by atoms with Gasteiger partial charge in [0.2, 0.25) is 5.91 Å². The summed E-state index contributed by atoms with van der Waals surface area (Å²) in [7, 11) is 0. The molecular formula is C20H21ClN2O3. The number of hydrogen-bond donors (Lipinski definition) is 1. The van der Waals surface area contributed by atoms with Gasteiger partial charge in [-0.3, -0.25) is 9.59 Å². The minimum atomic E-state index is -0.564. The number of nitrogens with one attached hydrogen (secondary N) is 1. The molecule has 0 bridgehead atoms. The van der Waals surface area contributed by atoms with Crippen molar-refractivity contribution in [2.75, 3.05) is 10.2 Å². The second-order valence-corrected chi connectivity index (χ2v) is 7.07. The first-order valence-corrected chi connectivity index (χ1v) is 8.90. The van der Waals surface area contributed by atoms with Crippen molar-refractivity contribution < 1.29 is 14.3 Å². The lowest BCUT2D eigenvalue weighted by Gasteiger charge is -2.33. The number of carbonyl (C=O) groups is 2. The standard InChI is InChI=1S/C20H21ClN2O3/c1-12(2)19(24)22-16-8-9-18-17(10-16)23(20(25)13(3)26-18)11-14-4-6-15(21)7-5-14/h4-10,12-13H,11H2,1-3H3,(H,22,24). The van der Waals surface area contributed by atoms with Crippen LogP contribution in [0, 0.1) is 5.92 Å². The van der Waals surface area contributed by atoms with Gasteiger partial charge in [0, 0.05) is 16.6 Å². The van der Waals surface area contributed by atoms with Gasteiger partial charge in [-0.25, -0.2) is 0 Å². The summed E-state index contributed by atoms with van der Waals surface area (Å²) in [5.41, 5.74) is 2.23. The Balaban J connectivity index is 1.93. The lowest BCUT2D eigenvalue weighted by Crippen LogP contribution is -2.44. The molecular weight excluding hydrogens is 352 g/mol. The van der Waals surface area contributed by atoms with Crippen molar-refractivity contribution >= 4 is 34.8 Å². The van der Waals surface area contributed by atoms with Gasteiger partial charge in [-0.2, -0.15) is 0 Å². The van der Waals surface area contributed by atoms with Crippen molar-refractivity contribution in [3.63, 3.8) is 0 Å². The lowest BCUT2D eigenvalue weighted by atomic mass is 10.1. The smallest absolute Gasteiger partial charge is 0.268 e. The molecule has 0 aliphatic carbocycles. The Morgan fingerprint density at radius 1 is 1.23 bits per heavy atom. The summed E-state index contributed by atoms with van der Waals surface area (Å²) in [6, 6.07) is 12.7. The number of anilines is 2. The highest BCUT2D eigenvalue weighted by molar-refractivity contribution is 6.30. The van der Waals surface area contributed by atoms with E-state index in [0.29, 0.717) is 28.7 Å². The van der Waals surface area contributed by atoms with Gasteiger partial charge in [0.1, 0.15) is 5.75 Å². The summed E-state index contributed by atoms with van der Waals surface area (Å²) >= 11 is 5.94. The van der Waals surface area contributed by atoms with Crippen LogP contribution in [0.5, 0.6) is 5.75 Å². The Bertz CT molecular complexity index is 833. The van der Waals surface area contributed by atoms with E-state index in [1.807, 2.05) is 26.0 Å². The summed E-state index contributed by atoms with van der Waals surface area (Å²) in [6.45, 7) is 5.79. The maximum Gasteiger partial charge on any atom is 0.268 e. The molecule has 1 heterocycles. The first-order chi connectivity index (χ1) is 12.3. The van der Waals surface area contributed by atoms with Crippen molar-refractivity contribution in [3.8, 4) is 5.75 Å². The number of halogens is 1. The van der Waals surface area contributed by atoms with E-state index in [0.717, 1.165) is 5.56 Å². The molecule has 0 saturated heterocycles. The van der Waals surface area contributed by atoms with Gasteiger partial charge in [0.15, 0.2) is 6.10 Å². The number of fused-ring (bicyclic) bond motifs is 1. The zero-order chi connectivity index (χ0) is 18.8. The molecule has 6 heteroatoms. The number of benzene rings is 2. The molecule has 5 nitrogen and oxygen atoms in total. The predicted molar refractivity (Wildman–Crippen MR) is 103 cm³/mol. The molecule has 0 fully saturated rings.